The third-order valence-corrected chi connectivity index (χ3v) is 2.86. The highest BCUT2D eigenvalue weighted by molar-refractivity contribution is 5.86. The Morgan fingerprint density at radius 3 is 1.69 bits per heavy atom. The average molecular weight is 390 g/mol. The number of aliphatic imine (C=N–C) groups is 2. The maximum Gasteiger partial charge on any atom is 0.326 e. The predicted octanol–water partition coefficient (Wildman–Crippen LogP) is -2.55. The number of halogens is 3. The van der Waals surface area contributed by atoms with Crippen molar-refractivity contribution >= 4 is 23.8 Å². The number of carboxylic acids is 1. The minimum absolute atomic E-state index is 0. The lowest BCUT2D eigenvalue weighted by Gasteiger charge is -2.17. The van der Waals surface area contributed by atoms with Gasteiger partial charge in [0.25, 0.3) is 0 Å². The number of aliphatic carboxylic acids is 1. The summed E-state index contributed by atoms with van der Waals surface area (Å²) in [5.41, 5.74) is 26.4. The molecule has 0 aromatic heterocycles. The molecule has 0 aliphatic heterocycles. The van der Waals surface area contributed by atoms with Crippen LogP contribution in [-0.4, -0.2) is 54.1 Å². The zero-order chi connectivity index (χ0) is 17.8. The van der Waals surface area contributed by atoms with E-state index in [-0.39, 0.29) is 39.0 Å². The van der Waals surface area contributed by atoms with E-state index in [0.717, 1.165) is 0 Å². The van der Waals surface area contributed by atoms with Gasteiger partial charge in [-0.2, -0.15) is 0 Å². The molecule has 0 spiro atoms. The largest absolute Gasteiger partial charge is 0.480 e. The molecule has 12 N–H and O–H groups in total. The van der Waals surface area contributed by atoms with Gasteiger partial charge in [0.15, 0.2) is 11.9 Å². The van der Waals surface area contributed by atoms with Crippen LogP contribution in [0.15, 0.2) is 9.98 Å². The Morgan fingerprint density at radius 2 is 1.31 bits per heavy atom. The van der Waals surface area contributed by atoms with Gasteiger partial charge >= 0.3 is 5.97 Å². The van der Waals surface area contributed by atoms with E-state index < -0.39 is 24.0 Å². The van der Waals surface area contributed by atoms with Crippen molar-refractivity contribution in [3.8, 4) is 0 Å². The number of carboxylic acid groups (broad SMARTS) is 1. The Kier molecular flexibility index (Phi) is 20.4. The van der Waals surface area contributed by atoms with E-state index in [1.54, 1.807) is 0 Å². The number of nitrogens with two attached hydrogens (primary N) is 5. The lowest BCUT2D eigenvalue weighted by atomic mass is 10.1. The third-order valence-electron chi connectivity index (χ3n) is 2.86. The quantitative estimate of drug-likeness (QED) is 0.113. The lowest BCUT2D eigenvalue weighted by Crippen LogP contribution is -2.48. The molecular weight excluding hydrogens is 361 g/mol. The van der Waals surface area contributed by atoms with E-state index in [1.165, 1.54) is 0 Å². The van der Waals surface area contributed by atoms with Crippen LogP contribution in [-0.2, 0) is 9.59 Å². The molecule has 0 fully saturated rings. The lowest BCUT2D eigenvalue weighted by molar-refractivity contribution is -0.142. The summed E-state index contributed by atoms with van der Waals surface area (Å²) < 4.78 is 0. The van der Waals surface area contributed by atoms with Gasteiger partial charge in [-0.3, -0.25) is 28.9 Å². The average Bonchev–Trinajstić information content (AvgIpc) is 2.45. The van der Waals surface area contributed by atoms with Crippen molar-refractivity contribution < 1.29 is 28.8 Å². The zero-order valence-corrected chi connectivity index (χ0v) is 14.2. The first-order chi connectivity index (χ1) is 10.7. The van der Waals surface area contributed by atoms with Gasteiger partial charge in [0.05, 0.1) is 6.04 Å². The molecule has 0 unspecified atom stereocenters. The van der Waals surface area contributed by atoms with Gasteiger partial charge in [0, 0.05) is 13.1 Å². The number of carbonyl (C=O) groups is 2. The van der Waals surface area contributed by atoms with Gasteiger partial charge in [-0.1, -0.05) is 0 Å². The fourth-order valence-electron chi connectivity index (χ4n) is 1.69. The first kappa shape index (κ1) is 31.0. The van der Waals surface area contributed by atoms with Crippen molar-refractivity contribution in [2.75, 3.05) is 13.1 Å². The van der Waals surface area contributed by atoms with Crippen LogP contribution in [0.5, 0.6) is 0 Å². The molecule has 14 heteroatoms. The van der Waals surface area contributed by atoms with Crippen LogP contribution in [0, 0.1) is 0 Å². The predicted molar refractivity (Wildman–Crippen MR) is 94.9 cm³/mol. The van der Waals surface area contributed by atoms with Crippen LogP contribution in [0.25, 0.3) is 0 Å². The molecule has 26 heavy (non-hydrogen) atoms. The molecule has 0 aliphatic carbocycles. The number of hydrogen-bond acceptors (Lipinski definition) is 5. The Hall–Kier alpha value is -2.77. The number of carbonyl (C=O) groups excluding carboxylic acids is 1. The summed E-state index contributed by atoms with van der Waals surface area (Å²) in [4.78, 5) is 30.5. The number of rotatable bonds is 11. The zero-order valence-electron chi connectivity index (χ0n) is 14.2. The third kappa shape index (κ3) is 16.1. The van der Waals surface area contributed by atoms with Crippen LogP contribution < -0.4 is 34.0 Å². The molecule has 0 heterocycles. The maximum absolute atomic E-state index is 11.9. The fraction of sp³-hybridized carbons (Fsp3) is 0.667. The van der Waals surface area contributed by atoms with E-state index in [9.17, 15) is 9.59 Å². The molecule has 2 atom stereocenters. The van der Waals surface area contributed by atoms with Crippen molar-refractivity contribution in [2.45, 2.75) is 37.8 Å². The molecule has 156 valence electrons. The Labute approximate surface area is 148 Å². The van der Waals surface area contributed by atoms with Gasteiger partial charge in [-0.15, -0.1) is 0 Å². The minimum Gasteiger partial charge on any atom is -0.480 e. The van der Waals surface area contributed by atoms with Crippen molar-refractivity contribution in [3.63, 3.8) is 0 Å². The number of hydrogen-bond donors (Lipinski definition) is 7. The van der Waals surface area contributed by atoms with Crippen LogP contribution in [0.3, 0.4) is 0 Å². The summed E-state index contributed by atoms with van der Waals surface area (Å²) in [6.07, 6.45) is 1.45. The highest BCUT2D eigenvalue weighted by Gasteiger charge is 2.22. The van der Waals surface area contributed by atoms with E-state index in [4.69, 9.17) is 33.8 Å². The first-order valence-corrected chi connectivity index (χ1v) is 7.13. The van der Waals surface area contributed by atoms with E-state index in [1.807, 2.05) is 0 Å². The SMILES string of the molecule is F.F.F.NC(N)=NCCC[C@H](NC(=O)[C@@H](N)CCCN=C(N)N)C(=O)O. The van der Waals surface area contributed by atoms with Gasteiger partial charge in [0.2, 0.25) is 5.91 Å². The smallest absolute Gasteiger partial charge is 0.326 e. The molecule has 0 aliphatic rings. The Morgan fingerprint density at radius 1 is 0.885 bits per heavy atom. The van der Waals surface area contributed by atoms with Crippen LogP contribution in [0.4, 0.5) is 14.1 Å². The van der Waals surface area contributed by atoms with Crippen LogP contribution >= 0.6 is 0 Å². The van der Waals surface area contributed by atoms with Gasteiger partial charge in [0.1, 0.15) is 6.04 Å². The molecule has 0 bridgehead atoms. The summed E-state index contributed by atoms with van der Waals surface area (Å²) in [6, 6.07) is -1.87. The van der Waals surface area contributed by atoms with Gasteiger partial charge < -0.3 is 39.1 Å². The molecular formula is C12H29F3N8O3. The second kappa shape index (κ2) is 17.1. The highest BCUT2D eigenvalue weighted by Crippen LogP contribution is 2.01. The van der Waals surface area contributed by atoms with Crippen molar-refractivity contribution in [3.05, 3.63) is 0 Å². The first-order valence-electron chi connectivity index (χ1n) is 7.13. The fourth-order valence-corrected chi connectivity index (χ4v) is 1.69. The van der Waals surface area contributed by atoms with Crippen molar-refractivity contribution in [1.29, 1.82) is 0 Å². The number of nitrogens with zero attached hydrogens (tertiary/aromatic N) is 2. The second-order valence-electron chi connectivity index (χ2n) is 4.90. The van der Waals surface area contributed by atoms with Crippen molar-refractivity contribution in [1.82, 2.24) is 5.32 Å². The number of guanidine groups is 2. The summed E-state index contributed by atoms with van der Waals surface area (Å²) in [5, 5.41) is 11.5. The van der Waals surface area contributed by atoms with E-state index in [2.05, 4.69) is 15.3 Å². The van der Waals surface area contributed by atoms with Gasteiger partial charge in [-0.05, 0) is 25.7 Å². The molecule has 0 aromatic rings. The number of amides is 1. The van der Waals surface area contributed by atoms with E-state index in [0.29, 0.717) is 25.8 Å². The molecule has 0 aromatic carbocycles. The molecule has 0 saturated heterocycles. The molecule has 0 rings (SSSR count). The monoisotopic (exact) mass is 390 g/mol. The minimum atomic E-state index is -1.14. The molecule has 0 saturated carbocycles. The Balaban J connectivity index is -0.000000807. The highest BCUT2D eigenvalue weighted by atomic mass is 19.0. The summed E-state index contributed by atoms with van der Waals surface area (Å²) in [7, 11) is 0. The standard InChI is InChI=1S/C12H26N8O3.3FH/c13-7(3-1-5-18-11(14)15)9(21)20-8(10(22)23)4-2-6-19-12(16)17;;;/h7-8H,1-6,13H2,(H,20,21)(H,22,23)(H4,14,15,18)(H4,16,17,19);3*1H/t7-,8-;;;/m0.../s1. The second-order valence-corrected chi connectivity index (χ2v) is 4.90. The molecule has 0 radical (unpaired) electrons. The van der Waals surface area contributed by atoms with Gasteiger partial charge in [-0.25, -0.2) is 4.79 Å². The maximum atomic E-state index is 11.9. The molecule has 1 amide bonds. The Bertz CT molecular complexity index is 457. The summed E-state index contributed by atoms with van der Waals surface area (Å²) in [6.45, 7) is 0.636. The van der Waals surface area contributed by atoms with Crippen LogP contribution in [0.2, 0.25) is 0 Å². The van der Waals surface area contributed by atoms with E-state index >= 15 is 0 Å². The van der Waals surface area contributed by atoms with Crippen molar-refractivity contribution in [2.24, 2.45) is 38.7 Å². The topological polar surface area (TPSA) is 221 Å². The van der Waals surface area contributed by atoms with Crippen LogP contribution in [0.1, 0.15) is 25.7 Å². The number of nitrogens with one attached hydrogen (secondary N) is 1. The normalized spacial score (nSPS) is 11.3. The molecule has 11 nitrogen and oxygen atoms in total. The summed E-state index contributed by atoms with van der Waals surface area (Å²) in [5.74, 6) is -1.78. The summed E-state index contributed by atoms with van der Waals surface area (Å²) >= 11 is 0.